The standard InChI is InChI=1S/C19H27N9O6/c20-12(3-10-5-22-8-25-10)17(31)28-13(1-2-15(21)29)18(32)24-7-16(30)27-14(19(33)34)4-11-6-23-9-26-11/h5-6,8-9,12-14H,1-4,7,20H2,(H2,21,29)(H,22,25)(H,23,26)(H,24,32)(H,27,30)(H,28,31)(H,33,34). The smallest absolute Gasteiger partial charge is 0.326 e. The summed E-state index contributed by atoms with van der Waals surface area (Å²) in [4.78, 5) is 72.9. The molecule has 0 aromatic carbocycles. The molecule has 0 radical (unpaired) electrons. The van der Waals surface area contributed by atoms with Crippen molar-refractivity contribution in [2.24, 2.45) is 11.5 Å². The van der Waals surface area contributed by atoms with Gasteiger partial charge in [0.2, 0.25) is 23.6 Å². The van der Waals surface area contributed by atoms with Crippen LogP contribution in [0.3, 0.4) is 0 Å². The normalized spacial score (nSPS) is 13.3. The average molecular weight is 477 g/mol. The first-order chi connectivity index (χ1) is 16.2. The molecule has 34 heavy (non-hydrogen) atoms. The molecule has 184 valence electrons. The summed E-state index contributed by atoms with van der Waals surface area (Å²) in [6.07, 6.45) is 5.49. The Hall–Kier alpha value is -4.27. The van der Waals surface area contributed by atoms with Crippen molar-refractivity contribution in [2.75, 3.05) is 6.54 Å². The third-order valence-corrected chi connectivity index (χ3v) is 4.68. The lowest BCUT2D eigenvalue weighted by atomic mass is 10.1. The van der Waals surface area contributed by atoms with Crippen LogP contribution in [0.4, 0.5) is 0 Å². The number of nitrogens with zero attached hydrogens (tertiary/aromatic N) is 2. The number of carbonyl (C=O) groups excluding carboxylic acids is 4. The van der Waals surface area contributed by atoms with E-state index in [1.54, 1.807) is 0 Å². The van der Waals surface area contributed by atoms with Gasteiger partial charge in [0.1, 0.15) is 12.1 Å². The number of H-pyrrole nitrogens is 2. The van der Waals surface area contributed by atoms with E-state index in [4.69, 9.17) is 11.5 Å². The van der Waals surface area contributed by atoms with Gasteiger partial charge < -0.3 is 42.5 Å². The maximum absolute atomic E-state index is 12.6. The van der Waals surface area contributed by atoms with Crippen LogP contribution in [0, 0.1) is 0 Å². The Labute approximate surface area is 193 Å². The molecule has 0 fully saturated rings. The number of imidazole rings is 2. The lowest BCUT2D eigenvalue weighted by molar-refractivity contribution is -0.141. The number of aromatic amines is 2. The molecule has 0 bridgehead atoms. The fourth-order valence-electron chi connectivity index (χ4n) is 2.91. The molecule has 0 aliphatic heterocycles. The van der Waals surface area contributed by atoms with Crippen LogP contribution < -0.4 is 27.4 Å². The number of rotatable bonds is 14. The van der Waals surface area contributed by atoms with E-state index in [-0.39, 0.29) is 25.7 Å². The quantitative estimate of drug-likeness (QED) is 0.135. The van der Waals surface area contributed by atoms with Crippen LogP contribution in [0.15, 0.2) is 25.0 Å². The van der Waals surface area contributed by atoms with Gasteiger partial charge in [-0.1, -0.05) is 0 Å². The van der Waals surface area contributed by atoms with Crippen molar-refractivity contribution in [3.05, 3.63) is 36.4 Å². The second kappa shape index (κ2) is 12.7. The molecule has 4 amide bonds. The number of carboxylic acids is 1. The fourth-order valence-corrected chi connectivity index (χ4v) is 2.91. The van der Waals surface area contributed by atoms with Gasteiger partial charge in [-0.2, -0.15) is 0 Å². The number of nitrogens with two attached hydrogens (primary N) is 2. The highest BCUT2D eigenvalue weighted by Crippen LogP contribution is 2.02. The van der Waals surface area contributed by atoms with Crippen LogP contribution in [0.1, 0.15) is 24.2 Å². The second-order valence-corrected chi connectivity index (χ2v) is 7.41. The molecule has 15 heteroatoms. The van der Waals surface area contributed by atoms with Crippen LogP contribution in [-0.4, -0.2) is 79.3 Å². The van der Waals surface area contributed by atoms with E-state index in [0.717, 1.165) is 0 Å². The Morgan fingerprint density at radius 2 is 1.56 bits per heavy atom. The van der Waals surface area contributed by atoms with Gasteiger partial charge in [-0.05, 0) is 6.42 Å². The Kier molecular flexibility index (Phi) is 9.70. The molecule has 15 nitrogen and oxygen atoms in total. The van der Waals surface area contributed by atoms with E-state index in [1.165, 1.54) is 25.0 Å². The lowest BCUT2D eigenvalue weighted by Crippen LogP contribution is -2.54. The van der Waals surface area contributed by atoms with E-state index in [2.05, 4.69) is 35.9 Å². The second-order valence-electron chi connectivity index (χ2n) is 7.41. The highest BCUT2D eigenvalue weighted by atomic mass is 16.4. The Morgan fingerprint density at radius 3 is 2.09 bits per heavy atom. The van der Waals surface area contributed by atoms with E-state index in [1.807, 2.05) is 0 Å². The van der Waals surface area contributed by atoms with Crippen molar-refractivity contribution < 1.29 is 29.1 Å². The fraction of sp³-hybridized carbons (Fsp3) is 0.421. The lowest BCUT2D eigenvalue weighted by Gasteiger charge is -2.20. The molecule has 0 saturated heterocycles. The number of nitrogens with one attached hydrogen (secondary N) is 5. The van der Waals surface area contributed by atoms with Crippen molar-refractivity contribution in [2.45, 2.75) is 43.8 Å². The highest BCUT2D eigenvalue weighted by Gasteiger charge is 2.26. The minimum atomic E-state index is -1.27. The van der Waals surface area contributed by atoms with Gasteiger partial charge in [0, 0.05) is 43.0 Å². The highest BCUT2D eigenvalue weighted by molar-refractivity contribution is 5.93. The van der Waals surface area contributed by atoms with E-state index in [0.29, 0.717) is 11.4 Å². The van der Waals surface area contributed by atoms with Crippen molar-refractivity contribution in [3.8, 4) is 0 Å². The SMILES string of the molecule is NC(=O)CCC(NC(=O)C(N)Cc1cnc[nH]1)C(=O)NCC(=O)NC(Cc1cnc[nH]1)C(=O)O. The van der Waals surface area contributed by atoms with Crippen LogP contribution in [0.2, 0.25) is 0 Å². The summed E-state index contributed by atoms with van der Waals surface area (Å²) < 4.78 is 0. The predicted octanol–water partition coefficient (Wildman–Crippen LogP) is -3.32. The van der Waals surface area contributed by atoms with Crippen LogP contribution in [0.5, 0.6) is 0 Å². The molecule has 0 saturated carbocycles. The molecule has 2 heterocycles. The third kappa shape index (κ3) is 8.70. The summed E-state index contributed by atoms with van der Waals surface area (Å²) in [5, 5.41) is 16.4. The summed E-state index contributed by atoms with van der Waals surface area (Å²) in [7, 11) is 0. The summed E-state index contributed by atoms with van der Waals surface area (Å²) in [6.45, 7) is -0.561. The van der Waals surface area contributed by atoms with Gasteiger partial charge >= 0.3 is 5.97 Å². The van der Waals surface area contributed by atoms with Crippen molar-refractivity contribution in [1.82, 2.24) is 35.9 Å². The third-order valence-electron chi connectivity index (χ3n) is 4.68. The molecule has 10 N–H and O–H groups in total. The number of carbonyl (C=O) groups is 5. The summed E-state index contributed by atoms with van der Waals surface area (Å²) in [5.41, 5.74) is 12.1. The van der Waals surface area contributed by atoms with Gasteiger partial charge in [0.05, 0.1) is 25.2 Å². The largest absolute Gasteiger partial charge is 0.480 e. The van der Waals surface area contributed by atoms with Crippen LogP contribution in [-0.2, 0) is 36.8 Å². The number of aromatic nitrogens is 4. The number of aliphatic carboxylic acids is 1. The van der Waals surface area contributed by atoms with Crippen LogP contribution >= 0.6 is 0 Å². The molecule has 3 atom stereocenters. The zero-order chi connectivity index (χ0) is 25.1. The Bertz CT molecular complexity index is 977. The molecular weight excluding hydrogens is 450 g/mol. The van der Waals surface area contributed by atoms with E-state index >= 15 is 0 Å². The first-order valence-electron chi connectivity index (χ1n) is 10.2. The van der Waals surface area contributed by atoms with Gasteiger partial charge in [-0.3, -0.25) is 19.2 Å². The number of amides is 4. The molecule has 0 aliphatic carbocycles. The molecule has 2 aromatic rings. The minimum Gasteiger partial charge on any atom is -0.480 e. The molecule has 3 unspecified atom stereocenters. The van der Waals surface area contributed by atoms with Crippen LogP contribution in [0.25, 0.3) is 0 Å². The maximum atomic E-state index is 12.6. The Morgan fingerprint density at radius 1 is 0.941 bits per heavy atom. The number of hydrogen-bond donors (Lipinski definition) is 8. The molecule has 0 aliphatic rings. The first-order valence-corrected chi connectivity index (χ1v) is 10.2. The maximum Gasteiger partial charge on any atom is 0.326 e. The van der Waals surface area contributed by atoms with Crippen molar-refractivity contribution in [1.29, 1.82) is 0 Å². The van der Waals surface area contributed by atoms with Crippen molar-refractivity contribution >= 4 is 29.6 Å². The van der Waals surface area contributed by atoms with Crippen molar-refractivity contribution in [3.63, 3.8) is 0 Å². The average Bonchev–Trinajstić information content (AvgIpc) is 3.48. The molecule has 0 spiro atoms. The number of carboxylic acid groups (broad SMARTS) is 1. The van der Waals surface area contributed by atoms with Gasteiger partial charge in [-0.25, -0.2) is 14.8 Å². The predicted molar refractivity (Wildman–Crippen MR) is 115 cm³/mol. The van der Waals surface area contributed by atoms with E-state index < -0.39 is 54.3 Å². The van der Waals surface area contributed by atoms with E-state index in [9.17, 15) is 29.1 Å². The topological polar surface area (TPSA) is 251 Å². The molecule has 2 rings (SSSR count). The number of hydrogen-bond acceptors (Lipinski definition) is 8. The zero-order valence-corrected chi connectivity index (χ0v) is 18.1. The Balaban J connectivity index is 1.91. The summed E-state index contributed by atoms with van der Waals surface area (Å²) in [6, 6.07) is -3.46. The molecule has 2 aromatic heterocycles. The minimum absolute atomic E-state index is 0.0411. The monoisotopic (exact) mass is 477 g/mol. The number of primary amides is 1. The van der Waals surface area contributed by atoms with Gasteiger partial charge in [0.25, 0.3) is 0 Å². The first kappa shape index (κ1) is 26.0. The molecular formula is C19H27N9O6. The van der Waals surface area contributed by atoms with Gasteiger partial charge in [-0.15, -0.1) is 0 Å². The van der Waals surface area contributed by atoms with Gasteiger partial charge in [0.15, 0.2) is 0 Å². The summed E-state index contributed by atoms with van der Waals surface area (Å²) in [5.74, 6) is -4.15. The zero-order valence-electron chi connectivity index (χ0n) is 18.1. The summed E-state index contributed by atoms with van der Waals surface area (Å²) >= 11 is 0.